The van der Waals surface area contributed by atoms with E-state index in [0.717, 1.165) is 66.8 Å². The third-order valence-electron chi connectivity index (χ3n) is 11.6. The van der Waals surface area contributed by atoms with Gasteiger partial charge in [-0.2, -0.15) is 0 Å². The van der Waals surface area contributed by atoms with E-state index >= 15 is 0 Å². The molecule has 12 aromatic rings. The number of para-hydroxylation sites is 4. The van der Waals surface area contributed by atoms with E-state index < -0.39 is 0 Å². The minimum absolute atomic E-state index is 0.877. The molecule has 12 rings (SSSR count). The van der Waals surface area contributed by atoms with Gasteiger partial charge in [-0.15, -0.1) is 11.3 Å². The third kappa shape index (κ3) is 4.99. The van der Waals surface area contributed by atoms with Crippen LogP contribution in [0.4, 0.5) is 17.1 Å². The predicted molar refractivity (Wildman–Crippen MR) is 247 cm³/mol. The summed E-state index contributed by atoms with van der Waals surface area (Å²) in [6.07, 6.45) is 0. The number of hydrogen-bond donors (Lipinski definition) is 0. The summed E-state index contributed by atoms with van der Waals surface area (Å²) in [5.74, 6) is 0. The fourth-order valence-electron chi connectivity index (χ4n) is 9.03. The molecule has 0 fully saturated rings. The minimum Gasteiger partial charge on any atom is -0.453 e. The van der Waals surface area contributed by atoms with Crippen LogP contribution in [-0.4, -0.2) is 4.57 Å². The lowest BCUT2D eigenvalue weighted by Crippen LogP contribution is -2.11. The lowest BCUT2D eigenvalue weighted by Gasteiger charge is -2.28. The number of anilines is 3. The van der Waals surface area contributed by atoms with Gasteiger partial charge < -0.3 is 13.9 Å². The molecule has 0 bridgehead atoms. The van der Waals surface area contributed by atoms with Crippen molar-refractivity contribution < 1.29 is 4.42 Å². The molecule has 0 radical (unpaired) electrons. The molecule has 0 saturated carbocycles. The maximum absolute atomic E-state index is 7.07. The number of nitrogens with zero attached hydrogens (tertiary/aromatic N) is 2. The quantitative estimate of drug-likeness (QED) is 0.168. The largest absolute Gasteiger partial charge is 0.453 e. The zero-order valence-corrected chi connectivity index (χ0v) is 32.2. The van der Waals surface area contributed by atoms with E-state index in [4.69, 9.17) is 4.42 Å². The fourth-order valence-corrected chi connectivity index (χ4v) is 10.2. The lowest BCUT2D eigenvalue weighted by atomic mass is 9.97. The number of hydrogen-bond acceptors (Lipinski definition) is 3. The van der Waals surface area contributed by atoms with E-state index in [-0.39, 0.29) is 0 Å². The first-order valence-electron chi connectivity index (χ1n) is 19.7. The number of thiophene rings is 1. The van der Waals surface area contributed by atoms with Gasteiger partial charge in [0, 0.05) is 48.7 Å². The van der Waals surface area contributed by atoms with Crippen LogP contribution < -0.4 is 4.90 Å². The topological polar surface area (TPSA) is 21.3 Å². The fraction of sp³-hybridized carbons (Fsp3) is 0. The first-order valence-corrected chi connectivity index (χ1v) is 20.5. The van der Waals surface area contributed by atoms with Crippen molar-refractivity contribution >= 4 is 92.3 Å². The number of aromatic nitrogens is 1. The second-order valence-electron chi connectivity index (χ2n) is 14.8. The van der Waals surface area contributed by atoms with Crippen molar-refractivity contribution in [3.8, 4) is 27.9 Å². The molecule has 0 amide bonds. The summed E-state index contributed by atoms with van der Waals surface area (Å²) in [5, 5.41) is 7.21. The second-order valence-corrected chi connectivity index (χ2v) is 15.9. The minimum atomic E-state index is 0.877. The van der Waals surface area contributed by atoms with Crippen LogP contribution in [0.15, 0.2) is 211 Å². The second kappa shape index (κ2) is 13.1. The van der Waals surface area contributed by atoms with Crippen LogP contribution in [0.2, 0.25) is 0 Å². The van der Waals surface area contributed by atoms with Crippen LogP contribution in [0.25, 0.3) is 91.9 Å². The van der Waals surface area contributed by atoms with Crippen LogP contribution in [0.5, 0.6) is 0 Å². The molecule has 3 aromatic heterocycles. The normalized spacial score (nSPS) is 11.8. The van der Waals surface area contributed by atoms with Crippen LogP contribution in [0.1, 0.15) is 0 Å². The molecule has 3 nitrogen and oxygen atoms in total. The zero-order chi connectivity index (χ0) is 38.2. The average molecular weight is 759 g/mol. The van der Waals surface area contributed by atoms with Gasteiger partial charge >= 0.3 is 0 Å². The summed E-state index contributed by atoms with van der Waals surface area (Å²) in [5.41, 5.74) is 13.0. The SMILES string of the molecule is c1ccc(-n2c3ccccc3c3oc4c(-c5ccccc5N(c5ccc(-c6cccc7ccccc67)cc5)c5cccc6c5sc5ccccc56)cccc4c32)cc1. The highest BCUT2D eigenvalue weighted by Crippen LogP contribution is 2.49. The summed E-state index contributed by atoms with van der Waals surface area (Å²) < 4.78 is 11.9. The molecule has 0 aliphatic carbocycles. The van der Waals surface area contributed by atoms with Gasteiger partial charge in [-0.25, -0.2) is 0 Å². The van der Waals surface area contributed by atoms with E-state index in [0.29, 0.717) is 0 Å². The third-order valence-corrected chi connectivity index (χ3v) is 12.8. The molecule has 0 aliphatic rings. The summed E-state index contributed by atoms with van der Waals surface area (Å²) >= 11 is 1.85. The predicted octanol–water partition coefficient (Wildman–Crippen LogP) is 15.9. The highest BCUT2D eigenvalue weighted by molar-refractivity contribution is 7.26. The van der Waals surface area contributed by atoms with Gasteiger partial charge in [-0.05, 0) is 82.6 Å². The number of furan rings is 1. The zero-order valence-electron chi connectivity index (χ0n) is 31.3. The Morgan fingerprint density at radius 1 is 0.414 bits per heavy atom. The molecule has 0 N–H and O–H groups in total. The van der Waals surface area contributed by atoms with Crippen LogP contribution >= 0.6 is 11.3 Å². The Hall–Kier alpha value is -7.40. The molecule has 4 heteroatoms. The molecule has 58 heavy (non-hydrogen) atoms. The van der Waals surface area contributed by atoms with Crippen molar-refractivity contribution in [2.45, 2.75) is 0 Å². The Morgan fingerprint density at radius 3 is 1.93 bits per heavy atom. The van der Waals surface area contributed by atoms with Crippen LogP contribution in [0, 0.1) is 0 Å². The maximum Gasteiger partial charge on any atom is 0.161 e. The Labute approximate surface area is 338 Å². The first-order chi connectivity index (χ1) is 28.8. The van der Waals surface area contributed by atoms with E-state index in [9.17, 15) is 0 Å². The van der Waals surface area contributed by atoms with Gasteiger partial charge in [0.2, 0.25) is 0 Å². The highest BCUT2D eigenvalue weighted by Gasteiger charge is 2.25. The monoisotopic (exact) mass is 758 g/mol. The van der Waals surface area contributed by atoms with Gasteiger partial charge in [-0.3, -0.25) is 0 Å². The maximum atomic E-state index is 7.07. The van der Waals surface area contributed by atoms with Crippen LogP contribution in [-0.2, 0) is 0 Å². The molecule has 0 saturated heterocycles. The molecule has 9 aromatic carbocycles. The summed E-state index contributed by atoms with van der Waals surface area (Å²) in [6.45, 7) is 0. The van der Waals surface area contributed by atoms with Crippen molar-refractivity contribution in [1.82, 2.24) is 4.57 Å². The van der Waals surface area contributed by atoms with Gasteiger partial charge in [0.05, 0.1) is 21.6 Å². The number of benzene rings is 9. The first kappa shape index (κ1) is 32.8. The summed E-state index contributed by atoms with van der Waals surface area (Å²) in [7, 11) is 0. The van der Waals surface area contributed by atoms with E-state index in [1.807, 2.05) is 11.3 Å². The van der Waals surface area contributed by atoms with Crippen molar-refractivity contribution in [1.29, 1.82) is 0 Å². The average Bonchev–Trinajstić information content (AvgIpc) is 3.97. The Kier molecular flexibility index (Phi) is 7.40. The van der Waals surface area contributed by atoms with E-state index in [1.165, 1.54) is 42.1 Å². The molecule has 0 atom stereocenters. The van der Waals surface area contributed by atoms with E-state index in [1.54, 1.807) is 0 Å². The standard InChI is InChI=1S/C54H34N2OS/c1-2-17-37(18-3-1)56-48-28-10-7-22-45(48)53-51(56)46-26-13-24-43(52(46)57-53)41-20-6-9-27-47(41)55(49-29-14-25-44-42-21-8-11-30-50(42)58-54(44)49)38-33-31-36(32-34-38)40-23-12-16-35-15-4-5-19-39(35)40/h1-34H. The van der Waals surface area contributed by atoms with Gasteiger partial charge in [0.15, 0.2) is 5.58 Å². The molecule has 0 aliphatic heterocycles. The van der Waals surface area contributed by atoms with Crippen molar-refractivity contribution in [2.24, 2.45) is 0 Å². The Bertz CT molecular complexity index is 3510. The number of rotatable bonds is 6. The molecule has 3 heterocycles. The van der Waals surface area contributed by atoms with Gasteiger partial charge in [0.1, 0.15) is 11.1 Å². The van der Waals surface area contributed by atoms with Gasteiger partial charge in [-0.1, -0.05) is 146 Å². The van der Waals surface area contributed by atoms with Crippen LogP contribution in [0.3, 0.4) is 0 Å². The lowest BCUT2D eigenvalue weighted by molar-refractivity contribution is 0.674. The molecule has 272 valence electrons. The molecule has 0 spiro atoms. The van der Waals surface area contributed by atoms with Crippen molar-refractivity contribution in [2.75, 3.05) is 4.90 Å². The Morgan fingerprint density at radius 2 is 1.03 bits per heavy atom. The van der Waals surface area contributed by atoms with E-state index in [2.05, 4.69) is 216 Å². The van der Waals surface area contributed by atoms with Crippen molar-refractivity contribution in [3.05, 3.63) is 206 Å². The Balaban J connectivity index is 1.10. The smallest absolute Gasteiger partial charge is 0.161 e. The number of fused-ring (bicyclic) bond motifs is 9. The molecular formula is C54H34N2OS. The summed E-state index contributed by atoms with van der Waals surface area (Å²) in [4.78, 5) is 2.45. The van der Waals surface area contributed by atoms with Gasteiger partial charge in [0.25, 0.3) is 0 Å². The molecule has 0 unspecified atom stereocenters. The highest BCUT2D eigenvalue weighted by atomic mass is 32.1. The molecular weight excluding hydrogens is 725 g/mol. The summed E-state index contributed by atoms with van der Waals surface area (Å²) in [6, 6.07) is 74.2. The van der Waals surface area contributed by atoms with Crippen molar-refractivity contribution in [3.63, 3.8) is 0 Å².